The molecule has 2 fully saturated rings. The van der Waals surface area contributed by atoms with E-state index in [1.807, 2.05) is 42.2 Å². The predicted octanol–water partition coefficient (Wildman–Crippen LogP) is 3.20. The number of nitrogens with zero attached hydrogens (tertiary/aromatic N) is 2. The second kappa shape index (κ2) is 8.16. The van der Waals surface area contributed by atoms with E-state index in [0.29, 0.717) is 51.3 Å². The van der Waals surface area contributed by atoms with Gasteiger partial charge in [0.2, 0.25) is 0 Å². The maximum Gasteiger partial charge on any atom is 0.255 e. The van der Waals surface area contributed by atoms with Crippen molar-refractivity contribution in [3.8, 4) is 5.75 Å². The van der Waals surface area contributed by atoms with E-state index >= 15 is 0 Å². The molecule has 2 aliphatic heterocycles. The van der Waals surface area contributed by atoms with Crippen molar-refractivity contribution in [2.24, 2.45) is 0 Å². The maximum atomic E-state index is 12.9. The molecule has 1 aromatic carbocycles. The first-order chi connectivity index (χ1) is 13.7. The van der Waals surface area contributed by atoms with Crippen LogP contribution in [0.3, 0.4) is 0 Å². The van der Waals surface area contributed by atoms with Gasteiger partial charge in [-0.3, -0.25) is 9.78 Å². The Hall–Kier alpha value is -2.64. The van der Waals surface area contributed by atoms with E-state index in [-0.39, 0.29) is 5.91 Å². The number of carbonyl (C=O) groups excluding carboxylic acids is 1. The summed E-state index contributed by atoms with van der Waals surface area (Å²) in [4.78, 5) is 19.0. The van der Waals surface area contributed by atoms with Crippen molar-refractivity contribution >= 4 is 17.3 Å². The quantitative estimate of drug-likeness (QED) is 0.855. The lowest BCUT2D eigenvalue weighted by Gasteiger charge is -2.37. The second-order valence-corrected chi connectivity index (χ2v) is 6.94. The van der Waals surface area contributed by atoms with E-state index in [4.69, 9.17) is 14.2 Å². The van der Waals surface area contributed by atoms with Crippen molar-refractivity contribution in [3.05, 3.63) is 48.3 Å². The standard InChI is InChI=1S/C21H25N3O4/c1-2-26-19-5-3-17(4-6-19)23-18-13-16(14-22-15-18)20(25)24-9-7-21(8-10-24)27-11-12-28-21/h3-6,13-15,23H,2,7-12H2,1H3. The van der Waals surface area contributed by atoms with Crippen LogP contribution >= 0.6 is 0 Å². The van der Waals surface area contributed by atoms with Crippen molar-refractivity contribution < 1.29 is 19.0 Å². The second-order valence-electron chi connectivity index (χ2n) is 6.94. The van der Waals surface area contributed by atoms with Gasteiger partial charge in [-0.15, -0.1) is 0 Å². The van der Waals surface area contributed by atoms with Gasteiger partial charge in [-0.2, -0.15) is 0 Å². The van der Waals surface area contributed by atoms with E-state index < -0.39 is 5.79 Å². The smallest absolute Gasteiger partial charge is 0.255 e. The normalized spacial score (nSPS) is 18.2. The Morgan fingerprint density at radius 2 is 1.86 bits per heavy atom. The zero-order chi connectivity index (χ0) is 19.4. The molecule has 0 atom stereocenters. The fourth-order valence-corrected chi connectivity index (χ4v) is 3.61. The third-order valence-corrected chi connectivity index (χ3v) is 5.07. The summed E-state index contributed by atoms with van der Waals surface area (Å²) in [6, 6.07) is 9.52. The Labute approximate surface area is 164 Å². The molecule has 0 aliphatic carbocycles. The minimum absolute atomic E-state index is 0.0179. The van der Waals surface area contributed by atoms with Crippen LogP contribution in [0.2, 0.25) is 0 Å². The molecule has 3 heterocycles. The zero-order valence-corrected chi connectivity index (χ0v) is 16.0. The summed E-state index contributed by atoms with van der Waals surface area (Å²) in [7, 11) is 0. The van der Waals surface area contributed by atoms with E-state index in [9.17, 15) is 4.79 Å². The molecule has 0 bridgehead atoms. The molecular formula is C21H25N3O4. The van der Waals surface area contributed by atoms with Gasteiger partial charge < -0.3 is 24.4 Å². The van der Waals surface area contributed by atoms with Crippen LogP contribution in [-0.4, -0.2) is 54.5 Å². The van der Waals surface area contributed by atoms with Gasteiger partial charge in [0, 0.05) is 37.8 Å². The first-order valence-electron chi connectivity index (χ1n) is 9.70. The molecule has 0 unspecified atom stereocenters. The molecule has 1 N–H and O–H groups in total. The number of amides is 1. The fraction of sp³-hybridized carbons (Fsp3) is 0.429. The third-order valence-electron chi connectivity index (χ3n) is 5.07. The van der Waals surface area contributed by atoms with Gasteiger partial charge in [0.15, 0.2) is 5.79 Å². The highest BCUT2D eigenvalue weighted by Crippen LogP contribution is 2.32. The number of anilines is 2. The lowest BCUT2D eigenvalue weighted by atomic mass is 10.0. The monoisotopic (exact) mass is 383 g/mol. The Morgan fingerprint density at radius 1 is 1.14 bits per heavy atom. The van der Waals surface area contributed by atoms with Gasteiger partial charge in [0.05, 0.1) is 37.3 Å². The van der Waals surface area contributed by atoms with Gasteiger partial charge in [-0.25, -0.2) is 0 Å². The van der Waals surface area contributed by atoms with Crippen molar-refractivity contribution in [2.75, 3.05) is 38.2 Å². The van der Waals surface area contributed by atoms with Crippen molar-refractivity contribution in [1.29, 1.82) is 0 Å². The molecule has 0 saturated carbocycles. The number of pyridine rings is 1. The molecule has 2 aliphatic rings. The molecule has 2 aromatic rings. The molecule has 2 saturated heterocycles. The van der Waals surface area contributed by atoms with Crippen LogP contribution in [0.25, 0.3) is 0 Å². The predicted molar refractivity (Wildman–Crippen MR) is 105 cm³/mol. The molecule has 28 heavy (non-hydrogen) atoms. The van der Waals surface area contributed by atoms with Crippen LogP contribution in [0.15, 0.2) is 42.7 Å². The Kier molecular flexibility index (Phi) is 5.45. The number of piperidine rings is 1. The summed E-state index contributed by atoms with van der Waals surface area (Å²) in [5.41, 5.74) is 2.25. The number of aromatic nitrogens is 1. The molecule has 1 spiro atoms. The average Bonchev–Trinajstić information content (AvgIpc) is 3.18. The highest BCUT2D eigenvalue weighted by molar-refractivity contribution is 5.95. The number of likely N-dealkylation sites (tertiary alicyclic amines) is 1. The van der Waals surface area contributed by atoms with Crippen molar-refractivity contribution in [3.63, 3.8) is 0 Å². The SMILES string of the molecule is CCOc1ccc(Nc2cncc(C(=O)N3CCC4(CC3)OCCO4)c2)cc1. The van der Waals surface area contributed by atoms with Crippen LogP contribution in [0.4, 0.5) is 11.4 Å². The molecule has 7 heteroatoms. The zero-order valence-electron chi connectivity index (χ0n) is 16.0. The van der Waals surface area contributed by atoms with Crippen LogP contribution in [-0.2, 0) is 9.47 Å². The van der Waals surface area contributed by atoms with Gasteiger partial charge in [0.25, 0.3) is 5.91 Å². The summed E-state index contributed by atoms with van der Waals surface area (Å²) < 4.78 is 16.9. The maximum absolute atomic E-state index is 12.9. The number of nitrogens with one attached hydrogen (secondary N) is 1. The van der Waals surface area contributed by atoms with Crippen LogP contribution in [0, 0.1) is 0 Å². The summed E-state index contributed by atoms with van der Waals surface area (Å²) in [5.74, 6) is 0.329. The molecule has 4 rings (SSSR count). The molecular weight excluding hydrogens is 358 g/mol. The summed E-state index contributed by atoms with van der Waals surface area (Å²) in [6.45, 7) is 5.10. The molecule has 1 amide bonds. The average molecular weight is 383 g/mol. The highest BCUT2D eigenvalue weighted by atomic mass is 16.7. The summed E-state index contributed by atoms with van der Waals surface area (Å²) >= 11 is 0. The molecule has 7 nitrogen and oxygen atoms in total. The van der Waals surface area contributed by atoms with Crippen LogP contribution in [0.1, 0.15) is 30.1 Å². The van der Waals surface area contributed by atoms with Crippen molar-refractivity contribution in [2.45, 2.75) is 25.6 Å². The molecule has 1 aromatic heterocycles. The van der Waals surface area contributed by atoms with E-state index in [2.05, 4.69) is 10.3 Å². The van der Waals surface area contributed by atoms with Crippen LogP contribution < -0.4 is 10.1 Å². The van der Waals surface area contributed by atoms with Gasteiger partial charge in [-0.1, -0.05) is 0 Å². The fourth-order valence-electron chi connectivity index (χ4n) is 3.61. The summed E-state index contributed by atoms with van der Waals surface area (Å²) in [5, 5.41) is 3.28. The van der Waals surface area contributed by atoms with Crippen LogP contribution in [0.5, 0.6) is 5.75 Å². The topological polar surface area (TPSA) is 72.9 Å². The minimum atomic E-state index is -0.480. The van der Waals surface area contributed by atoms with Gasteiger partial charge in [0.1, 0.15) is 5.75 Å². The first kappa shape index (κ1) is 18.7. The molecule has 0 radical (unpaired) electrons. The Balaban J connectivity index is 1.39. The Bertz CT molecular complexity index is 809. The van der Waals surface area contributed by atoms with E-state index in [1.165, 1.54) is 0 Å². The number of hydrogen-bond acceptors (Lipinski definition) is 6. The summed E-state index contributed by atoms with van der Waals surface area (Å²) in [6.07, 6.45) is 4.73. The first-order valence-corrected chi connectivity index (χ1v) is 9.70. The van der Waals surface area contributed by atoms with E-state index in [0.717, 1.165) is 17.1 Å². The van der Waals surface area contributed by atoms with Crippen molar-refractivity contribution in [1.82, 2.24) is 9.88 Å². The van der Waals surface area contributed by atoms with E-state index in [1.54, 1.807) is 12.4 Å². The van der Waals surface area contributed by atoms with Gasteiger partial charge >= 0.3 is 0 Å². The number of rotatable bonds is 5. The molecule has 148 valence electrons. The lowest BCUT2D eigenvalue weighted by Crippen LogP contribution is -2.47. The highest BCUT2D eigenvalue weighted by Gasteiger charge is 2.40. The number of benzene rings is 1. The largest absolute Gasteiger partial charge is 0.494 e. The lowest BCUT2D eigenvalue weighted by molar-refractivity contribution is -0.181. The van der Waals surface area contributed by atoms with Gasteiger partial charge in [-0.05, 0) is 37.3 Å². The Morgan fingerprint density at radius 3 is 2.54 bits per heavy atom. The number of hydrogen-bond donors (Lipinski definition) is 1. The number of carbonyl (C=O) groups is 1. The third kappa shape index (κ3) is 4.10. The number of ether oxygens (including phenoxy) is 3. The minimum Gasteiger partial charge on any atom is -0.494 e.